The number of amides is 4. The van der Waals surface area contributed by atoms with E-state index in [0.29, 0.717) is 38.4 Å². The van der Waals surface area contributed by atoms with Gasteiger partial charge in [-0.3, -0.25) is 25.0 Å². The highest BCUT2D eigenvalue weighted by Gasteiger charge is 2.36. The van der Waals surface area contributed by atoms with E-state index >= 15 is 0 Å². The zero-order valence-corrected chi connectivity index (χ0v) is 25.0. The molecule has 0 bridgehead atoms. The molecular weight excluding hydrogens is 625 g/mol. The Bertz CT molecular complexity index is 1830. The van der Waals surface area contributed by atoms with E-state index in [1.54, 1.807) is 60.7 Å². The summed E-state index contributed by atoms with van der Waals surface area (Å²) in [7, 11) is 1.43. The summed E-state index contributed by atoms with van der Waals surface area (Å²) in [6.45, 7) is 0.287. The largest absolute Gasteiger partial charge is 0.493 e. The molecule has 13 heteroatoms. The van der Waals surface area contributed by atoms with Crippen molar-refractivity contribution in [3.8, 4) is 17.2 Å². The Morgan fingerprint density at radius 1 is 0.867 bits per heavy atom. The highest BCUT2D eigenvalue weighted by Crippen LogP contribution is 2.31. The van der Waals surface area contributed by atoms with Crippen LogP contribution < -0.4 is 24.4 Å². The molecule has 0 aliphatic carbocycles. The fraction of sp³-hybridized carbons (Fsp3) is 0.0938. The van der Waals surface area contributed by atoms with Crippen LogP contribution in [-0.4, -0.2) is 29.9 Å². The summed E-state index contributed by atoms with van der Waals surface area (Å²) in [5.74, 6) is -0.515. The third-order valence-corrected chi connectivity index (χ3v) is 7.23. The minimum atomic E-state index is -0.892. The van der Waals surface area contributed by atoms with Gasteiger partial charge in [0.1, 0.15) is 24.5 Å². The molecule has 0 saturated carbocycles. The number of anilines is 1. The van der Waals surface area contributed by atoms with Gasteiger partial charge in [-0.05, 0) is 77.9 Å². The monoisotopic (exact) mass is 647 g/mol. The number of ether oxygens (including phenoxy) is 3. The number of benzene rings is 4. The Balaban J connectivity index is 1.29. The molecule has 1 N–H and O–H groups in total. The number of hydrogen-bond donors (Lipinski definition) is 1. The van der Waals surface area contributed by atoms with E-state index in [2.05, 4.69) is 5.32 Å². The van der Waals surface area contributed by atoms with E-state index in [9.17, 15) is 24.5 Å². The number of non-ortho nitro benzene ring substituents is 1. The number of hydrogen-bond acceptors (Lipinski definition) is 8. The maximum absolute atomic E-state index is 13.4. The lowest BCUT2D eigenvalue weighted by molar-refractivity contribution is -0.384. The lowest BCUT2D eigenvalue weighted by Gasteiger charge is -2.26. The van der Waals surface area contributed by atoms with Gasteiger partial charge in [-0.25, -0.2) is 9.69 Å². The number of imide groups is 2. The Labute approximate surface area is 266 Å². The maximum atomic E-state index is 13.4. The summed E-state index contributed by atoms with van der Waals surface area (Å²) in [5.41, 5.74) is 1.79. The summed E-state index contributed by atoms with van der Waals surface area (Å²) >= 11 is 12.1. The van der Waals surface area contributed by atoms with Gasteiger partial charge in [0.15, 0.2) is 11.5 Å². The topological polar surface area (TPSA) is 137 Å². The third-order valence-electron chi connectivity index (χ3n) is 6.65. The molecule has 4 amide bonds. The molecule has 228 valence electrons. The van der Waals surface area contributed by atoms with E-state index in [0.717, 1.165) is 10.5 Å². The predicted octanol–water partition coefficient (Wildman–Crippen LogP) is 6.73. The Morgan fingerprint density at radius 3 is 2.27 bits per heavy atom. The number of barbiturate groups is 1. The molecule has 4 aromatic carbocycles. The van der Waals surface area contributed by atoms with Crippen LogP contribution >= 0.6 is 23.2 Å². The second kappa shape index (κ2) is 13.5. The molecule has 5 rings (SSSR count). The van der Waals surface area contributed by atoms with Crippen LogP contribution in [0.15, 0.2) is 90.5 Å². The summed E-state index contributed by atoms with van der Waals surface area (Å²) in [6, 6.07) is 21.1. The quantitative estimate of drug-likeness (QED) is 0.0865. The van der Waals surface area contributed by atoms with Crippen LogP contribution in [0.2, 0.25) is 10.0 Å². The summed E-state index contributed by atoms with van der Waals surface area (Å²) in [4.78, 5) is 50.0. The molecular formula is C32H23Cl2N3O8. The van der Waals surface area contributed by atoms with Crippen molar-refractivity contribution >= 4 is 58.5 Å². The Hall–Kier alpha value is -5.39. The minimum absolute atomic E-state index is 0.0303. The second-order valence-corrected chi connectivity index (χ2v) is 10.4. The van der Waals surface area contributed by atoms with Crippen LogP contribution in [-0.2, 0) is 22.8 Å². The first-order valence-electron chi connectivity index (χ1n) is 13.3. The van der Waals surface area contributed by atoms with Crippen LogP contribution in [0.3, 0.4) is 0 Å². The van der Waals surface area contributed by atoms with Gasteiger partial charge in [-0.15, -0.1) is 0 Å². The number of nitrogens with zero attached hydrogens (tertiary/aromatic N) is 2. The highest BCUT2D eigenvalue weighted by atomic mass is 35.5. The van der Waals surface area contributed by atoms with E-state index in [1.165, 1.54) is 37.5 Å². The van der Waals surface area contributed by atoms with Gasteiger partial charge in [0.05, 0.1) is 17.7 Å². The minimum Gasteiger partial charge on any atom is -0.493 e. The van der Waals surface area contributed by atoms with Gasteiger partial charge in [-0.1, -0.05) is 35.3 Å². The maximum Gasteiger partial charge on any atom is 0.335 e. The van der Waals surface area contributed by atoms with E-state index in [1.807, 2.05) is 0 Å². The van der Waals surface area contributed by atoms with E-state index in [-0.39, 0.29) is 30.2 Å². The standard InChI is InChI=1S/C32H23Cl2N3O8/c1-43-29-15-20(4-13-28(29)45-17-19-2-7-24(8-3-19)37(41)42)14-26-30(38)35-32(40)36(31(26)39)23-9-11-25(12-10-23)44-18-21-5-6-22(33)16-27(21)34/h2-16H,17-18H2,1H3,(H,35,38,40)/b26-14+. The highest BCUT2D eigenvalue weighted by molar-refractivity contribution is 6.39. The molecule has 45 heavy (non-hydrogen) atoms. The summed E-state index contributed by atoms with van der Waals surface area (Å²) in [5, 5.41) is 14.0. The van der Waals surface area contributed by atoms with Gasteiger partial charge in [0, 0.05) is 27.7 Å². The third kappa shape index (κ3) is 7.23. The van der Waals surface area contributed by atoms with Crippen LogP contribution in [0.1, 0.15) is 16.7 Å². The number of carbonyl (C=O) groups is 3. The molecule has 0 spiro atoms. The van der Waals surface area contributed by atoms with E-state index < -0.39 is 22.8 Å². The molecule has 0 radical (unpaired) electrons. The van der Waals surface area contributed by atoms with Crippen molar-refractivity contribution in [2.24, 2.45) is 0 Å². The number of carbonyl (C=O) groups excluding carboxylic acids is 3. The van der Waals surface area contributed by atoms with Crippen molar-refractivity contribution in [3.63, 3.8) is 0 Å². The first-order chi connectivity index (χ1) is 21.6. The fourth-order valence-electron chi connectivity index (χ4n) is 4.32. The molecule has 4 aromatic rings. The average Bonchev–Trinajstić information content (AvgIpc) is 3.02. The summed E-state index contributed by atoms with van der Waals surface area (Å²) in [6.07, 6.45) is 1.34. The number of rotatable bonds is 10. The van der Waals surface area contributed by atoms with Crippen LogP contribution in [0.25, 0.3) is 6.08 Å². The number of halogens is 2. The molecule has 1 heterocycles. The number of methoxy groups -OCH3 is 1. The first-order valence-corrected chi connectivity index (χ1v) is 14.0. The molecule has 0 atom stereocenters. The average molecular weight is 648 g/mol. The number of urea groups is 1. The Morgan fingerprint density at radius 2 is 1.60 bits per heavy atom. The Kier molecular flexibility index (Phi) is 9.31. The van der Waals surface area contributed by atoms with Crippen LogP contribution in [0, 0.1) is 10.1 Å². The second-order valence-electron chi connectivity index (χ2n) is 9.60. The van der Waals surface area contributed by atoms with Crippen molar-refractivity contribution < 1.29 is 33.5 Å². The fourth-order valence-corrected chi connectivity index (χ4v) is 4.78. The van der Waals surface area contributed by atoms with Crippen molar-refractivity contribution in [2.45, 2.75) is 13.2 Å². The molecule has 0 aromatic heterocycles. The van der Waals surface area contributed by atoms with Gasteiger partial charge in [0.2, 0.25) is 0 Å². The van der Waals surface area contributed by atoms with E-state index in [4.69, 9.17) is 37.4 Å². The van der Waals surface area contributed by atoms with Crippen molar-refractivity contribution in [1.82, 2.24) is 5.32 Å². The normalized spacial score (nSPS) is 13.9. The van der Waals surface area contributed by atoms with Gasteiger partial charge < -0.3 is 14.2 Å². The number of nitrogens with one attached hydrogen (secondary N) is 1. The molecule has 0 unspecified atom stereocenters. The zero-order chi connectivity index (χ0) is 32.1. The van der Waals surface area contributed by atoms with Crippen LogP contribution in [0.5, 0.6) is 17.2 Å². The smallest absolute Gasteiger partial charge is 0.335 e. The molecule has 1 fully saturated rings. The molecule has 1 saturated heterocycles. The number of nitro benzene ring substituents is 1. The summed E-state index contributed by atoms with van der Waals surface area (Å²) < 4.78 is 17.0. The van der Waals surface area contributed by atoms with Crippen molar-refractivity contribution in [2.75, 3.05) is 12.0 Å². The zero-order valence-electron chi connectivity index (χ0n) is 23.5. The van der Waals surface area contributed by atoms with Crippen molar-refractivity contribution in [1.29, 1.82) is 0 Å². The van der Waals surface area contributed by atoms with Crippen LogP contribution in [0.4, 0.5) is 16.2 Å². The van der Waals surface area contributed by atoms with Crippen molar-refractivity contribution in [3.05, 3.63) is 127 Å². The predicted molar refractivity (Wildman–Crippen MR) is 167 cm³/mol. The van der Waals surface area contributed by atoms with Gasteiger partial charge in [0.25, 0.3) is 17.5 Å². The lowest BCUT2D eigenvalue weighted by Crippen LogP contribution is -2.54. The first kappa shape index (κ1) is 31.0. The molecule has 1 aliphatic heterocycles. The lowest BCUT2D eigenvalue weighted by atomic mass is 10.1. The van der Waals surface area contributed by atoms with Gasteiger partial charge >= 0.3 is 6.03 Å². The molecule has 11 nitrogen and oxygen atoms in total. The molecule has 1 aliphatic rings. The van der Waals surface area contributed by atoms with Gasteiger partial charge in [-0.2, -0.15) is 0 Å². The number of nitro groups is 1. The SMILES string of the molecule is COc1cc(/C=C2\C(=O)NC(=O)N(c3ccc(OCc4ccc(Cl)cc4Cl)cc3)C2=O)ccc1OCc1ccc([N+](=O)[O-])cc1.